The van der Waals surface area contributed by atoms with E-state index in [-0.39, 0.29) is 17.4 Å². The normalized spacial score (nSPS) is 11.3. The van der Waals surface area contributed by atoms with Crippen LogP contribution < -0.4 is 0 Å². The molecule has 5 heteroatoms. The molecule has 0 fully saturated rings. The van der Waals surface area contributed by atoms with Crippen molar-refractivity contribution in [2.75, 3.05) is 0 Å². The minimum atomic E-state index is -0.969. The summed E-state index contributed by atoms with van der Waals surface area (Å²) in [6, 6.07) is 6.57. The van der Waals surface area contributed by atoms with Crippen LogP contribution in [0.5, 0.6) is 0 Å². The summed E-state index contributed by atoms with van der Waals surface area (Å²) in [7, 11) is 0. The third-order valence-corrected chi connectivity index (χ3v) is 3.65. The molecular weight excluding hydrogens is 292 g/mol. The number of carboxylic acid groups (broad SMARTS) is 1. The predicted molar refractivity (Wildman–Crippen MR) is 88.9 cm³/mol. The molecule has 1 N–H and O–H groups in total. The van der Waals surface area contributed by atoms with Crippen LogP contribution >= 0.6 is 0 Å². The number of hydrogen-bond acceptors (Lipinski definition) is 3. The molecule has 0 saturated heterocycles. The van der Waals surface area contributed by atoms with E-state index in [2.05, 4.69) is 5.10 Å². The van der Waals surface area contributed by atoms with Gasteiger partial charge >= 0.3 is 5.97 Å². The molecule has 2 rings (SSSR count). The molecule has 0 bridgehead atoms. The van der Waals surface area contributed by atoms with Crippen molar-refractivity contribution >= 4 is 17.8 Å². The van der Waals surface area contributed by atoms with Crippen LogP contribution in [0.2, 0.25) is 0 Å². The monoisotopic (exact) mass is 312 g/mol. The van der Waals surface area contributed by atoms with Crippen LogP contribution in [-0.2, 0) is 0 Å². The van der Waals surface area contributed by atoms with Gasteiger partial charge in [0.2, 0.25) is 0 Å². The number of aromatic nitrogens is 2. The number of carbonyl (C=O) groups excluding carboxylic acids is 1. The maximum Gasteiger partial charge on any atom is 0.335 e. The van der Waals surface area contributed by atoms with E-state index in [0.717, 1.165) is 11.3 Å². The van der Waals surface area contributed by atoms with Gasteiger partial charge in [-0.25, -0.2) is 4.79 Å². The van der Waals surface area contributed by atoms with Gasteiger partial charge in [-0.15, -0.1) is 0 Å². The lowest BCUT2D eigenvalue weighted by atomic mass is 10.1. The second-order valence-electron chi connectivity index (χ2n) is 5.71. The highest BCUT2D eigenvalue weighted by Gasteiger charge is 2.17. The standard InChI is InChI=1S/C18H20N2O3/c1-11(2)20-13(4)17(12(3)19-20)16(21)10-7-14-5-8-15(9-6-14)18(22)23/h5-11H,1-4H3,(H,22,23)/b10-7-. The Morgan fingerprint density at radius 1 is 1.17 bits per heavy atom. The summed E-state index contributed by atoms with van der Waals surface area (Å²) >= 11 is 0. The van der Waals surface area contributed by atoms with Crippen molar-refractivity contribution in [3.05, 3.63) is 58.4 Å². The van der Waals surface area contributed by atoms with Crippen LogP contribution in [0.1, 0.15) is 57.6 Å². The van der Waals surface area contributed by atoms with Crippen LogP contribution in [0.15, 0.2) is 30.3 Å². The first-order chi connectivity index (χ1) is 10.8. The van der Waals surface area contributed by atoms with Crippen molar-refractivity contribution in [3.8, 4) is 0 Å². The van der Waals surface area contributed by atoms with E-state index in [1.807, 2.05) is 32.4 Å². The van der Waals surface area contributed by atoms with Crippen molar-refractivity contribution in [3.63, 3.8) is 0 Å². The molecule has 120 valence electrons. The minimum Gasteiger partial charge on any atom is -0.478 e. The molecule has 0 aliphatic heterocycles. The molecule has 1 heterocycles. The first kappa shape index (κ1) is 16.7. The second kappa shape index (κ2) is 6.60. The molecule has 2 aromatic rings. The lowest BCUT2D eigenvalue weighted by Crippen LogP contribution is -2.06. The summed E-state index contributed by atoms with van der Waals surface area (Å²) < 4.78 is 1.85. The number of aromatic carboxylic acids is 1. The largest absolute Gasteiger partial charge is 0.478 e. The van der Waals surface area contributed by atoms with E-state index < -0.39 is 5.97 Å². The van der Waals surface area contributed by atoms with E-state index in [1.54, 1.807) is 18.2 Å². The Labute approximate surface area is 135 Å². The van der Waals surface area contributed by atoms with Crippen molar-refractivity contribution in [1.29, 1.82) is 0 Å². The molecule has 0 atom stereocenters. The van der Waals surface area contributed by atoms with Crippen LogP contribution in [-0.4, -0.2) is 26.6 Å². The molecule has 0 radical (unpaired) electrons. The summed E-state index contributed by atoms with van der Waals surface area (Å²) in [5, 5.41) is 13.3. The SMILES string of the molecule is Cc1nn(C(C)C)c(C)c1C(=O)/C=C\c1ccc(C(=O)O)cc1. The van der Waals surface area contributed by atoms with Crippen molar-refractivity contribution in [2.24, 2.45) is 0 Å². The van der Waals surface area contributed by atoms with Crippen molar-refractivity contribution in [2.45, 2.75) is 33.7 Å². The van der Waals surface area contributed by atoms with Gasteiger partial charge in [-0.05, 0) is 51.5 Å². The van der Waals surface area contributed by atoms with Gasteiger partial charge in [0.05, 0.1) is 16.8 Å². The number of benzene rings is 1. The summed E-state index contributed by atoms with van der Waals surface area (Å²) in [6.07, 6.45) is 3.18. The summed E-state index contributed by atoms with van der Waals surface area (Å²) in [5.41, 5.74) is 3.19. The highest BCUT2D eigenvalue weighted by atomic mass is 16.4. The number of carboxylic acids is 1. The third-order valence-electron chi connectivity index (χ3n) is 3.65. The van der Waals surface area contributed by atoms with Crippen LogP contribution in [0.3, 0.4) is 0 Å². The number of nitrogens with zero attached hydrogens (tertiary/aromatic N) is 2. The van der Waals surface area contributed by atoms with E-state index in [9.17, 15) is 9.59 Å². The van der Waals surface area contributed by atoms with Crippen LogP contribution in [0, 0.1) is 13.8 Å². The highest BCUT2D eigenvalue weighted by molar-refractivity contribution is 6.08. The van der Waals surface area contributed by atoms with Gasteiger partial charge in [-0.3, -0.25) is 9.48 Å². The van der Waals surface area contributed by atoms with Crippen LogP contribution in [0.25, 0.3) is 6.08 Å². The fraction of sp³-hybridized carbons (Fsp3) is 0.278. The Bertz CT molecular complexity index is 768. The molecular formula is C18H20N2O3. The van der Waals surface area contributed by atoms with E-state index in [0.29, 0.717) is 11.3 Å². The zero-order chi connectivity index (χ0) is 17.1. The zero-order valence-electron chi connectivity index (χ0n) is 13.7. The number of aryl methyl sites for hydroxylation is 1. The summed E-state index contributed by atoms with van der Waals surface area (Å²) in [5.74, 6) is -1.07. The molecule has 0 aliphatic rings. The van der Waals surface area contributed by atoms with E-state index in [1.165, 1.54) is 18.2 Å². The number of rotatable bonds is 5. The number of ketones is 1. The Morgan fingerprint density at radius 2 is 1.78 bits per heavy atom. The molecule has 0 aliphatic carbocycles. The number of carbonyl (C=O) groups is 2. The molecule has 1 aromatic carbocycles. The fourth-order valence-corrected chi connectivity index (χ4v) is 2.51. The van der Waals surface area contributed by atoms with Crippen molar-refractivity contribution in [1.82, 2.24) is 9.78 Å². The fourth-order valence-electron chi connectivity index (χ4n) is 2.51. The average molecular weight is 312 g/mol. The maximum atomic E-state index is 12.4. The first-order valence-corrected chi connectivity index (χ1v) is 7.42. The predicted octanol–water partition coefficient (Wildman–Crippen LogP) is 3.68. The van der Waals surface area contributed by atoms with Crippen molar-refractivity contribution < 1.29 is 14.7 Å². The quantitative estimate of drug-likeness (QED) is 0.675. The molecule has 0 amide bonds. The van der Waals surface area contributed by atoms with Gasteiger partial charge in [0.25, 0.3) is 0 Å². The molecule has 1 aromatic heterocycles. The summed E-state index contributed by atoms with van der Waals surface area (Å²) in [6.45, 7) is 7.76. The Kier molecular flexibility index (Phi) is 4.79. The van der Waals surface area contributed by atoms with Gasteiger partial charge in [0.15, 0.2) is 5.78 Å². The number of hydrogen-bond donors (Lipinski definition) is 1. The lowest BCUT2D eigenvalue weighted by molar-refractivity contribution is 0.0696. The topological polar surface area (TPSA) is 72.2 Å². The molecule has 0 spiro atoms. The lowest BCUT2D eigenvalue weighted by Gasteiger charge is -2.07. The van der Waals surface area contributed by atoms with Gasteiger partial charge < -0.3 is 5.11 Å². The van der Waals surface area contributed by atoms with E-state index in [4.69, 9.17) is 5.11 Å². The van der Waals surface area contributed by atoms with Gasteiger partial charge in [-0.1, -0.05) is 18.2 Å². The first-order valence-electron chi connectivity index (χ1n) is 7.42. The molecule has 0 saturated carbocycles. The Balaban J connectivity index is 2.23. The average Bonchev–Trinajstić information content (AvgIpc) is 2.80. The third kappa shape index (κ3) is 3.56. The minimum absolute atomic E-state index is 0.103. The van der Waals surface area contributed by atoms with Gasteiger partial charge in [0, 0.05) is 11.7 Å². The molecule has 5 nitrogen and oxygen atoms in total. The number of allylic oxidation sites excluding steroid dienone is 1. The van der Waals surface area contributed by atoms with Gasteiger partial charge in [0.1, 0.15) is 0 Å². The zero-order valence-corrected chi connectivity index (χ0v) is 13.7. The van der Waals surface area contributed by atoms with Crippen LogP contribution in [0.4, 0.5) is 0 Å². The second-order valence-corrected chi connectivity index (χ2v) is 5.71. The van der Waals surface area contributed by atoms with Gasteiger partial charge in [-0.2, -0.15) is 5.10 Å². The Morgan fingerprint density at radius 3 is 2.26 bits per heavy atom. The highest BCUT2D eigenvalue weighted by Crippen LogP contribution is 2.18. The molecule has 0 unspecified atom stereocenters. The summed E-state index contributed by atoms with van der Waals surface area (Å²) in [4.78, 5) is 23.3. The Hall–Kier alpha value is -2.69. The smallest absolute Gasteiger partial charge is 0.335 e. The molecule has 23 heavy (non-hydrogen) atoms. The van der Waals surface area contributed by atoms with E-state index >= 15 is 0 Å². The maximum absolute atomic E-state index is 12.4.